The Morgan fingerprint density at radius 2 is 1.62 bits per heavy atom. The lowest BCUT2D eigenvalue weighted by Crippen LogP contribution is -2.38. The van der Waals surface area contributed by atoms with Gasteiger partial charge in [-0.25, -0.2) is 4.98 Å². The molecule has 0 spiro atoms. The number of ether oxygens (including phenoxy) is 1. The summed E-state index contributed by atoms with van der Waals surface area (Å²) in [4.78, 5) is 55.8. The molecule has 0 fully saturated rings. The number of benzene rings is 3. The lowest BCUT2D eigenvalue weighted by Gasteiger charge is -2.23. The number of rotatable bonds is 10. The van der Waals surface area contributed by atoms with Crippen molar-refractivity contribution in [2.75, 3.05) is 32.6 Å². The van der Waals surface area contributed by atoms with Crippen LogP contribution < -0.4 is 25.6 Å². The van der Waals surface area contributed by atoms with Crippen molar-refractivity contribution in [3.05, 3.63) is 106 Å². The number of amides is 4. The van der Waals surface area contributed by atoms with Crippen LogP contribution in [0.15, 0.2) is 66.7 Å². The molecule has 45 heavy (non-hydrogen) atoms. The molecule has 0 bridgehead atoms. The smallest absolute Gasteiger partial charge is 0.251 e. The van der Waals surface area contributed by atoms with E-state index in [1.807, 2.05) is 51.1 Å². The highest BCUT2D eigenvalue weighted by molar-refractivity contribution is 6.07. The molecule has 1 heterocycles. The quantitative estimate of drug-likeness (QED) is 0.231. The van der Waals surface area contributed by atoms with Gasteiger partial charge in [0.05, 0.1) is 12.1 Å². The van der Waals surface area contributed by atoms with E-state index in [0.717, 1.165) is 22.3 Å². The van der Waals surface area contributed by atoms with Crippen molar-refractivity contribution in [1.29, 1.82) is 0 Å². The number of hydrogen-bond acceptors (Lipinski definition) is 6. The molecule has 4 aromatic rings. The molecule has 0 saturated carbocycles. The van der Waals surface area contributed by atoms with Crippen LogP contribution in [0, 0.1) is 20.8 Å². The molecule has 0 unspecified atom stereocenters. The Bertz CT molecular complexity index is 1800. The minimum absolute atomic E-state index is 0.191. The van der Waals surface area contributed by atoms with Gasteiger partial charge in [0.15, 0.2) is 0 Å². The Labute approximate surface area is 262 Å². The fourth-order valence-electron chi connectivity index (χ4n) is 4.94. The molecular weight excluding hydrogens is 570 g/mol. The lowest BCUT2D eigenvalue weighted by molar-refractivity contribution is -0.122. The SMILES string of the molecule is CNC(=O)c1ccc(/C=C/C(=O)NCC(=O)N(C)c2ccc(C)c(COc3cccc4c(C(=O)NC)cc(C)nc34)c2C)cc1. The molecule has 10 heteroatoms. The molecule has 0 saturated heterocycles. The number of carbonyl (C=O) groups excluding carboxylic acids is 4. The van der Waals surface area contributed by atoms with E-state index in [1.54, 1.807) is 57.6 Å². The first-order chi connectivity index (χ1) is 21.5. The number of nitrogens with one attached hydrogen (secondary N) is 3. The van der Waals surface area contributed by atoms with Gasteiger partial charge in [0.2, 0.25) is 11.8 Å². The minimum atomic E-state index is -0.416. The summed E-state index contributed by atoms with van der Waals surface area (Å²) in [6.07, 6.45) is 2.95. The van der Waals surface area contributed by atoms with E-state index >= 15 is 0 Å². The van der Waals surface area contributed by atoms with Crippen LogP contribution in [0.3, 0.4) is 0 Å². The highest BCUT2D eigenvalue weighted by atomic mass is 16.5. The second-order valence-corrected chi connectivity index (χ2v) is 10.5. The third-order valence-corrected chi connectivity index (χ3v) is 7.55. The third kappa shape index (κ3) is 7.53. The van der Waals surface area contributed by atoms with Gasteiger partial charge in [-0.1, -0.05) is 30.3 Å². The molecule has 232 valence electrons. The van der Waals surface area contributed by atoms with E-state index in [9.17, 15) is 19.2 Å². The zero-order valence-corrected chi connectivity index (χ0v) is 26.3. The molecular formula is C35H37N5O5. The van der Waals surface area contributed by atoms with Gasteiger partial charge in [-0.3, -0.25) is 19.2 Å². The van der Waals surface area contributed by atoms with Crippen LogP contribution >= 0.6 is 0 Å². The van der Waals surface area contributed by atoms with Gasteiger partial charge < -0.3 is 25.6 Å². The van der Waals surface area contributed by atoms with Crippen molar-refractivity contribution in [2.45, 2.75) is 27.4 Å². The van der Waals surface area contributed by atoms with Gasteiger partial charge in [0, 0.05) is 49.6 Å². The van der Waals surface area contributed by atoms with Gasteiger partial charge >= 0.3 is 0 Å². The van der Waals surface area contributed by atoms with Crippen molar-refractivity contribution < 1.29 is 23.9 Å². The van der Waals surface area contributed by atoms with Crippen molar-refractivity contribution in [3.63, 3.8) is 0 Å². The van der Waals surface area contributed by atoms with Crippen LogP contribution in [0.5, 0.6) is 5.75 Å². The number of aromatic nitrogens is 1. The highest BCUT2D eigenvalue weighted by Gasteiger charge is 2.18. The van der Waals surface area contributed by atoms with Crippen LogP contribution in [0.25, 0.3) is 17.0 Å². The summed E-state index contributed by atoms with van der Waals surface area (Å²) in [5, 5.41) is 8.56. The zero-order valence-electron chi connectivity index (χ0n) is 26.3. The zero-order chi connectivity index (χ0) is 32.7. The number of nitrogens with zero attached hydrogens (tertiary/aromatic N) is 2. The van der Waals surface area contributed by atoms with E-state index in [1.165, 1.54) is 11.0 Å². The molecule has 0 aliphatic rings. The molecule has 1 aromatic heterocycles. The monoisotopic (exact) mass is 607 g/mol. The second-order valence-electron chi connectivity index (χ2n) is 10.5. The standard InChI is InChI=1S/C35H37N5O5/c1-21-10-16-29(40(6)32(42)19-38-31(41)17-13-24-11-14-25(15-12-24)34(43)36-4)23(3)28(21)20-45-30-9-7-8-26-27(35(44)37-5)18-22(2)39-33(26)30/h7-18H,19-20H2,1-6H3,(H,36,43)(H,37,44)(H,38,41)/b17-13+. The van der Waals surface area contributed by atoms with Gasteiger partial charge in [0.1, 0.15) is 17.9 Å². The van der Waals surface area contributed by atoms with Crippen molar-refractivity contribution >= 4 is 46.3 Å². The Morgan fingerprint density at radius 3 is 2.31 bits per heavy atom. The summed E-state index contributed by atoms with van der Waals surface area (Å²) < 4.78 is 6.27. The maximum atomic E-state index is 13.0. The lowest BCUT2D eigenvalue weighted by atomic mass is 10.0. The van der Waals surface area contributed by atoms with Crippen molar-refractivity contribution in [2.24, 2.45) is 0 Å². The summed E-state index contributed by atoms with van der Waals surface area (Å²) in [5.74, 6) is -0.547. The van der Waals surface area contributed by atoms with E-state index < -0.39 is 5.91 Å². The molecule has 0 radical (unpaired) electrons. The van der Waals surface area contributed by atoms with E-state index in [4.69, 9.17) is 4.74 Å². The Morgan fingerprint density at radius 1 is 0.911 bits per heavy atom. The largest absolute Gasteiger partial charge is 0.487 e. The van der Waals surface area contributed by atoms with Crippen LogP contribution in [-0.4, -0.2) is 56.3 Å². The number of likely N-dealkylation sites (N-methyl/N-ethyl adjacent to an activating group) is 1. The third-order valence-electron chi connectivity index (χ3n) is 7.55. The number of aryl methyl sites for hydroxylation is 2. The summed E-state index contributed by atoms with van der Waals surface area (Å²) in [5.41, 5.74) is 6.56. The molecule has 4 amide bonds. The van der Waals surface area contributed by atoms with Crippen molar-refractivity contribution in [1.82, 2.24) is 20.9 Å². The van der Waals surface area contributed by atoms with Crippen molar-refractivity contribution in [3.8, 4) is 5.75 Å². The number of carbonyl (C=O) groups is 4. The Balaban J connectivity index is 1.43. The molecule has 4 rings (SSSR count). The molecule has 0 aliphatic heterocycles. The first-order valence-corrected chi connectivity index (χ1v) is 14.4. The maximum Gasteiger partial charge on any atom is 0.251 e. The number of hydrogen-bond donors (Lipinski definition) is 3. The topological polar surface area (TPSA) is 130 Å². The molecule has 0 aliphatic carbocycles. The summed E-state index contributed by atoms with van der Waals surface area (Å²) in [7, 11) is 4.82. The normalized spacial score (nSPS) is 10.9. The van der Waals surface area contributed by atoms with Crippen LogP contribution in [0.2, 0.25) is 0 Å². The summed E-state index contributed by atoms with van der Waals surface area (Å²) >= 11 is 0. The van der Waals surface area contributed by atoms with Crippen LogP contribution in [0.1, 0.15) is 48.7 Å². The van der Waals surface area contributed by atoms with Gasteiger partial charge in [0.25, 0.3) is 11.8 Å². The number of para-hydroxylation sites is 1. The number of fused-ring (bicyclic) bond motifs is 1. The average molecular weight is 608 g/mol. The maximum absolute atomic E-state index is 13.0. The Kier molecular flexibility index (Phi) is 10.3. The fourth-order valence-corrected chi connectivity index (χ4v) is 4.94. The summed E-state index contributed by atoms with van der Waals surface area (Å²) in [6, 6.07) is 17.8. The predicted octanol–water partition coefficient (Wildman–Crippen LogP) is 4.25. The average Bonchev–Trinajstić information content (AvgIpc) is 3.05. The van der Waals surface area contributed by atoms with Gasteiger partial charge in [-0.15, -0.1) is 0 Å². The van der Waals surface area contributed by atoms with Gasteiger partial charge in [-0.2, -0.15) is 0 Å². The Hall–Kier alpha value is -5.51. The number of pyridine rings is 1. The molecule has 3 aromatic carbocycles. The van der Waals surface area contributed by atoms with Crippen LogP contribution in [-0.2, 0) is 16.2 Å². The molecule has 3 N–H and O–H groups in total. The predicted molar refractivity (Wildman–Crippen MR) is 175 cm³/mol. The van der Waals surface area contributed by atoms with E-state index in [-0.39, 0.29) is 30.9 Å². The first-order valence-electron chi connectivity index (χ1n) is 14.4. The fraction of sp³-hybridized carbons (Fsp3) is 0.229. The molecule has 0 atom stereocenters. The summed E-state index contributed by atoms with van der Waals surface area (Å²) in [6.45, 7) is 5.77. The van der Waals surface area contributed by atoms with Gasteiger partial charge in [-0.05, 0) is 79.4 Å². The van der Waals surface area contributed by atoms with Crippen LogP contribution in [0.4, 0.5) is 5.69 Å². The highest BCUT2D eigenvalue weighted by Crippen LogP contribution is 2.30. The number of anilines is 1. The minimum Gasteiger partial charge on any atom is -0.487 e. The van der Waals surface area contributed by atoms with E-state index in [2.05, 4.69) is 20.9 Å². The molecule has 10 nitrogen and oxygen atoms in total. The second kappa shape index (κ2) is 14.3. The first kappa shape index (κ1) is 32.4. The van der Waals surface area contributed by atoms with E-state index in [0.29, 0.717) is 39.2 Å².